The van der Waals surface area contributed by atoms with Crippen LogP contribution in [0.4, 0.5) is 5.69 Å². The van der Waals surface area contributed by atoms with Crippen molar-refractivity contribution in [2.24, 2.45) is 12.5 Å². The molecule has 1 heterocycles. The highest BCUT2D eigenvalue weighted by Gasteiger charge is 2.24. The molecule has 0 aliphatic heterocycles. The lowest BCUT2D eigenvalue weighted by atomic mass is 9.91. The molecule has 0 aliphatic carbocycles. The molecule has 6 heteroatoms. The summed E-state index contributed by atoms with van der Waals surface area (Å²) in [7, 11) is 5.07. The first-order valence-electron chi connectivity index (χ1n) is 8.23. The summed E-state index contributed by atoms with van der Waals surface area (Å²) in [6.07, 6.45) is 3.99. The molecule has 6 nitrogen and oxygen atoms in total. The molecule has 0 aliphatic rings. The highest BCUT2D eigenvalue weighted by Crippen LogP contribution is 2.29. The van der Waals surface area contributed by atoms with Crippen LogP contribution in [0.5, 0.6) is 11.5 Å². The summed E-state index contributed by atoms with van der Waals surface area (Å²) in [6, 6.07) is 5.61. The van der Waals surface area contributed by atoms with Gasteiger partial charge in [0.25, 0.3) is 0 Å². The van der Waals surface area contributed by atoms with E-state index in [0.29, 0.717) is 18.7 Å². The molecule has 0 fully saturated rings. The standard InChI is InChI=1S/C19H27N3O3/c1-19(2,3)10-18(23)22(15-11-20-21(4)13-15)12-14-7-8-16(24-5)9-17(14)25-6/h7-9,11,13H,10,12H2,1-6H3. The molecule has 1 aromatic carbocycles. The Bertz CT molecular complexity index is 732. The minimum atomic E-state index is -0.0957. The van der Waals surface area contributed by atoms with Crippen LogP contribution in [-0.4, -0.2) is 29.9 Å². The molecule has 1 amide bonds. The molecule has 0 unspecified atom stereocenters. The normalized spacial score (nSPS) is 11.3. The molecule has 0 radical (unpaired) electrons. The number of nitrogens with zero attached hydrogens (tertiary/aromatic N) is 3. The average molecular weight is 345 g/mol. The number of carbonyl (C=O) groups is 1. The number of ether oxygens (including phenoxy) is 2. The Morgan fingerprint density at radius 2 is 1.96 bits per heavy atom. The Hall–Kier alpha value is -2.50. The molecule has 2 rings (SSSR count). The van der Waals surface area contributed by atoms with Crippen LogP contribution in [0.2, 0.25) is 0 Å². The number of carbonyl (C=O) groups excluding carboxylic acids is 1. The number of amides is 1. The van der Waals surface area contributed by atoms with Gasteiger partial charge < -0.3 is 14.4 Å². The molecular formula is C19H27N3O3. The third-order valence-corrected chi connectivity index (χ3v) is 3.81. The Morgan fingerprint density at radius 3 is 2.48 bits per heavy atom. The van der Waals surface area contributed by atoms with Gasteiger partial charge in [-0.15, -0.1) is 0 Å². The number of hydrogen-bond acceptors (Lipinski definition) is 4. The zero-order chi connectivity index (χ0) is 18.6. The lowest BCUT2D eigenvalue weighted by molar-refractivity contribution is -0.120. The molecule has 0 N–H and O–H groups in total. The maximum absolute atomic E-state index is 12.9. The van der Waals surface area contributed by atoms with Crippen LogP contribution >= 0.6 is 0 Å². The summed E-state index contributed by atoms with van der Waals surface area (Å²) < 4.78 is 12.4. The van der Waals surface area contributed by atoms with Gasteiger partial charge in [-0.1, -0.05) is 20.8 Å². The van der Waals surface area contributed by atoms with Crippen LogP contribution < -0.4 is 14.4 Å². The van der Waals surface area contributed by atoms with Crippen molar-refractivity contribution < 1.29 is 14.3 Å². The lowest BCUT2D eigenvalue weighted by Gasteiger charge is -2.26. The van der Waals surface area contributed by atoms with E-state index in [9.17, 15) is 4.79 Å². The number of benzene rings is 1. The minimum Gasteiger partial charge on any atom is -0.497 e. The van der Waals surface area contributed by atoms with Crippen LogP contribution in [0.25, 0.3) is 0 Å². The Morgan fingerprint density at radius 1 is 1.24 bits per heavy atom. The molecule has 2 aromatic rings. The predicted molar refractivity (Wildman–Crippen MR) is 98.0 cm³/mol. The fourth-order valence-corrected chi connectivity index (χ4v) is 2.57. The second-order valence-electron chi connectivity index (χ2n) is 7.27. The maximum Gasteiger partial charge on any atom is 0.227 e. The van der Waals surface area contributed by atoms with Gasteiger partial charge in [0.15, 0.2) is 0 Å². The van der Waals surface area contributed by atoms with Crippen molar-refractivity contribution in [3.05, 3.63) is 36.2 Å². The fourth-order valence-electron chi connectivity index (χ4n) is 2.57. The van der Waals surface area contributed by atoms with Crippen LogP contribution in [0.15, 0.2) is 30.6 Å². The van der Waals surface area contributed by atoms with Crippen LogP contribution in [0.1, 0.15) is 32.8 Å². The number of aryl methyl sites for hydroxylation is 1. The van der Waals surface area contributed by atoms with Gasteiger partial charge in [-0.05, 0) is 17.5 Å². The summed E-state index contributed by atoms with van der Waals surface area (Å²) >= 11 is 0. The summed E-state index contributed by atoms with van der Waals surface area (Å²) in [5.74, 6) is 1.46. The third kappa shape index (κ3) is 4.98. The van der Waals surface area contributed by atoms with Crippen LogP contribution in [0.3, 0.4) is 0 Å². The second kappa shape index (κ2) is 7.59. The van der Waals surface area contributed by atoms with Gasteiger partial charge >= 0.3 is 0 Å². The number of methoxy groups -OCH3 is 2. The van der Waals surface area contributed by atoms with Crippen molar-refractivity contribution in [2.75, 3.05) is 19.1 Å². The molecule has 0 saturated carbocycles. The van der Waals surface area contributed by atoms with Gasteiger partial charge in [-0.3, -0.25) is 9.48 Å². The van der Waals surface area contributed by atoms with E-state index in [2.05, 4.69) is 25.9 Å². The van der Waals surface area contributed by atoms with Gasteiger partial charge in [0.1, 0.15) is 11.5 Å². The Kier molecular flexibility index (Phi) is 5.72. The summed E-state index contributed by atoms with van der Waals surface area (Å²) in [4.78, 5) is 14.7. The molecule has 1 aromatic heterocycles. The topological polar surface area (TPSA) is 56.6 Å². The Labute approximate surface area is 149 Å². The van der Waals surface area contributed by atoms with Crippen molar-refractivity contribution >= 4 is 11.6 Å². The van der Waals surface area contributed by atoms with Crippen molar-refractivity contribution in [1.29, 1.82) is 0 Å². The van der Waals surface area contributed by atoms with Gasteiger partial charge in [0.2, 0.25) is 5.91 Å². The van der Waals surface area contributed by atoms with E-state index < -0.39 is 0 Å². The summed E-state index contributed by atoms with van der Waals surface area (Å²) in [5, 5.41) is 4.20. The average Bonchev–Trinajstić information content (AvgIpc) is 2.96. The van der Waals surface area contributed by atoms with E-state index in [0.717, 1.165) is 17.0 Å². The molecule has 0 spiro atoms. The van der Waals surface area contributed by atoms with E-state index in [-0.39, 0.29) is 11.3 Å². The minimum absolute atomic E-state index is 0.0540. The zero-order valence-electron chi connectivity index (χ0n) is 15.9. The number of rotatable bonds is 6. The van der Waals surface area contributed by atoms with Crippen molar-refractivity contribution in [3.8, 4) is 11.5 Å². The third-order valence-electron chi connectivity index (χ3n) is 3.81. The van der Waals surface area contributed by atoms with E-state index >= 15 is 0 Å². The largest absolute Gasteiger partial charge is 0.497 e. The van der Waals surface area contributed by atoms with Crippen molar-refractivity contribution in [2.45, 2.75) is 33.7 Å². The monoisotopic (exact) mass is 345 g/mol. The maximum atomic E-state index is 12.9. The van der Waals surface area contributed by atoms with Gasteiger partial charge in [-0.25, -0.2) is 0 Å². The molecule has 25 heavy (non-hydrogen) atoms. The molecule has 136 valence electrons. The molecular weight excluding hydrogens is 318 g/mol. The molecule has 0 atom stereocenters. The highest BCUT2D eigenvalue weighted by molar-refractivity contribution is 5.93. The summed E-state index contributed by atoms with van der Waals surface area (Å²) in [6.45, 7) is 6.58. The van der Waals surface area contributed by atoms with Crippen LogP contribution in [0, 0.1) is 5.41 Å². The molecule has 0 saturated heterocycles. The van der Waals surface area contributed by atoms with Gasteiger partial charge in [0, 0.05) is 31.3 Å². The summed E-state index contributed by atoms with van der Waals surface area (Å²) in [5.41, 5.74) is 1.59. The predicted octanol–water partition coefficient (Wildman–Crippen LogP) is 3.41. The highest BCUT2D eigenvalue weighted by atomic mass is 16.5. The zero-order valence-corrected chi connectivity index (χ0v) is 15.9. The van der Waals surface area contributed by atoms with Gasteiger partial charge in [-0.2, -0.15) is 5.10 Å². The second-order valence-corrected chi connectivity index (χ2v) is 7.27. The van der Waals surface area contributed by atoms with E-state index in [4.69, 9.17) is 9.47 Å². The quantitative estimate of drug-likeness (QED) is 0.805. The number of anilines is 1. The van der Waals surface area contributed by atoms with E-state index in [1.807, 2.05) is 31.4 Å². The Balaban J connectivity index is 2.35. The number of hydrogen-bond donors (Lipinski definition) is 0. The van der Waals surface area contributed by atoms with Crippen molar-refractivity contribution in [1.82, 2.24) is 9.78 Å². The smallest absolute Gasteiger partial charge is 0.227 e. The SMILES string of the molecule is COc1ccc(CN(C(=O)CC(C)(C)C)c2cnn(C)c2)c(OC)c1. The molecule has 0 bridgehead atoms. The van der Waals surface area contributed by atoms with E-state index in [1.54, 1.807) is 30.0 Å². The van der Waals surface area contributed by atoms with Gasteiger partial charge in [0.05, 0.1) is 32.6 Å². The van der Waals surface area contributed by atoms with Crippen LogP contribution in [-0.2, 0) is 18.4 Å². The lowest BCUT2D eigenvalue weighted by Crippen LogP contribution is -2.33. The number of aromatic nitrogens is 2. The van der Waals surface area contributed by atoms with Crippen molar-refractivity contribution in [3.63, 3.8) is 0 Å². The fraction of sp³-hybridized carbons (Fsp3) is 0.474. The first-order valence-corrected chi connectivity index (χ1v) is 8.23. The first kappa shape index (κ1) is 18.8. The van der Waals surface area contributed by atoms with E-state index in [1.165, 1.54) is 0 Å². The first-order chi connectivity index (χ1) is 11.7.